The number of aromatic nitrogens is 1. The Morgan fingerprint density at radius 3 is 2.79 bits per heavy atom. The second-order valence-electron chi connectivity index (χ2n) is 3.51. The molecule has 0 aliphatic carbocycles. The van der Waals surface area contributed by atoms with Gasteiger partial charge in [-0.05, 0) is 17.9 Å². The van der Waals surface area contributed by atoms with Crippen LogP contribution < -0.4 is 0 Å². The second kappa shape index (κ2) is 4.37. The molecule has 0 unspecified atom stereocenters. The molecule has 14 heavy (non-hydrogen) atoms. The van der Waals surface area contributed by atoms with Crippen LogP contribution in [-0.2, 0) is 6.42 Å². The number of nitro groups is 1. The van der Waals surface area contributed by atoms with Gasteiger partial charge in [0.05, 0.1) is 4.92 Å². The molecule has 0 bridgehead atoms. The molecule has 0 aliphatic rings. The molecule has 0 atom stereocenters. The van der Waals surface area contributed by atoms with Crippen LogP contribution in [0.2, 0.25) is 5.15 Å². The van der Waals surface area contributed by atoms with Crippen LogP contribution in [0.4, 0.5) is 5.69 Å². The van der Waals surface area contributed by atoms with Crippen LogP contribution >= 0.6 is 11.6 Å². The largest absolute Gasteiger partial charge is 0.306 e. The van der Waals surface area contributed by atoms with Gasteiger partial charge < -0.3 is 0 Å². The Hall–Kier alpha value is -1.16. The number of hydrogen-bond donors (Lipinski definition) is 0. The Kier molecular flexibility index (Phi) is 3.41. The van der Waals surface area contributed by atoms with Crippen LogP contribution in [0.5, 0.6) is 0 Å². The molecule has 4 nitrogen and oxygen atoms in total. The Balaban J connectivity index is 3.00. The first kappa shape index (κ1) is 10.9. The van der Waals surface area contributed by atoms with Crippen molar-refractivity contribution in [3.63, 3.8) is 0 Å². The topological polar surface area (TPSA) is 56.0 Å². The molecule has 0 saturated heterocycles. The average Bonchev–Trinajstić information content (AvgIpc) is 2.07. The van der Waals surface area contributed by atoms with Crippen molar-refractivity contribution in [2.75, 3.05) is 0 Å². The first-order chi connectivity index (χ1) is 6.50. The molecule has 1 heterocycles. The van der Waals surface area contributed by atoms with E-state index in [9.17, 15) is 10.1 Å². The molecule has 1 aromatic rings. The fraction of sp³-hybridized carbons (Fsp3) is 0.444. The van der Waals surface area contributed by atoms with Gasteiger partial charge in [0.15, 0.2) is 0 Å². The number of pyridine rings is 1. The standard InChI is InChI=1S/C9H11ClN2O2/c1-6(2)3-7-4-8(12(13)14)9(10)11-5-7/h4-6H,3H2,1-2H3. The first-order valence-corrected chi connectivity index (χ1v) is 4.67. The van der Waals surface area contributed by atoms with Crippen LogP contribution in [0.3, 0.4) is 0 Å². The van der Waals surface area contributed by atoms with E-state index in [1.807, 2.05) is 13.8 Å². The van der Waals surface area contributed by atoms with E-state index in [1.165, 1.54) is 6.07 Å². The van der Waals surface area contributed by atoms with E-state index in [4.69, 9.17) is 11.6 Å². The van der Waals surface area contributed by atoms with Crippen LogP contribution in [-0.4, -0.2) is 9.91 Å². The highest BCUT2D eigenvalue weighted by molar-refractivity contribution is 6.31. The van der Waals surface area contributed by atoms with Crippen LogP contribution in [0.15, 0.2) is 12.3 Å². The van der Waals surface area contributed by atoms with Crippen molar-refractivity contribution >= 4 is 17.3 Å². The van der Waals surface area contributed by atoms with E-state index in [-0.39, 0.29) is 10.8 Å². The lowest BCUT2D eigenvalue weighted by Gasteiger charge is -2.04. The summed E-state index contributed by atoms with van der Waals surface area (Å²) in [5.41, 5.74) is 0.723. The zero-order chi connectivity index (χ0) is 10.7. The van der Waals surface area contributed by atoms with Crippen molar-refractivity contribution in [3.8, 4) is 0 Å². The second-order valence-corrected chi connectivity index (χ2v) is 3.87. The van der Waals surface area contributed by atoms with Crippen molar-refractivity contribution in [2.24, 2.45) is 5.92 Å². The molecule has 1 rings (SSSR count). The molecule has 0 aliphatic heterocycles. The van der Waals surface area contributed by atoms with Gasteiger partial charge in [-0.2, -0.15) is 0 Å². The molecule has 0 saturated carbocycles. The van der Waals surface area contributed by atoms with Crippen LogP contribution in [0.25, 0.3) is 0 Å². The minimum Gasteiger partial charge on any atom is -0.258 e. The molecule has 1 aromatic heterocycles. The third kappa shape index (κ3) is 2.67. The smallest absolute Gasteiger partial charge is 0.258 e. The van der Waals surface area contributed by atoms with Gasteiger partial charge in [0.25, 0.3) is 0 Å². The molecule has 0 radical (unpaired) electrons. The molecular weight excluding hydrogens is 204 g/mol. The summed E-state index contributed by atoms with van der Waals surface area (Å²) in [7, 11) is 0. The minimum atomic E-state index is -0.515. The fourth-order valence-electron chi connectivity index (χ4n) is 1.19. The Bertz CT molecular complexity index is 353. The lowest BCUT2D eigenvalue weighted by molar-refractivity contribution is -0.385. The SMILES string of the molecule is CC(C)Cc1cnc(Cl)c([N+](=O)[O-])c1. The van der Waals surface area contributed by atoms with Gasteiger partial charge in [0.2, 0.25) is 5.15 Å². The summed E-state index contributed by atoms with van der Waals surface area (Å²) in [5.74, 6) is 0.442. The van der Waals surface area contributed by atoms with Gasteiger partial charge >= 0.3 is 5.69 Å². The molecule has 0 amide bonds. The summed E-state index contributed by atoms with van der Waals surface area (Å²) in [6.45, 7) is 4.08. The van der Waals surface area contributed by atoms with Gasteiger partial charge in [-0.15, -0.1) is 0 Å². The van der Waals surface area contributed by atoms with Crippen LogP contribution in [0, 0.1) is 16.0 Å². The lowest BCUT2D eigenvalue weighted by Crippen LogP contribution is -1.98. The third-order valence-electron chi connectivity index (χ3n) is 1.72. The average molecular weight is 215 g/mol. The van der Waals surface area contributed by atoms with Crippen molar-refractivity contribution in [2.45, 2.75) is 20.3 Å². The molecule has 76 valence electrons. The van der Waals surface area contributed by atoms with Crippen molar-refractivity contribution in [3.05, 3.63) is 33.1 Å². The summed E-state index contributed by atoms with van der Waals surface area (Å²) in [4.78, 5) is 13.8. The molecule has 0 aromatic carbocycles. The van der Waals surface area contributed by atoms with Gasteiger partial charge in [-0.25, -0.2) is 4.98 Å². The van der Waals surface area contributed by atoms with E-state index in [0.29, 0.717) is 5.92 Å². The normalized spacial score (nSPS) is 10.6. The maximum Gasteiger partial charge on any atom is 0.306 e. The predicted molar refractivity (Wildman–Crippen MR) is 54.4 cm³/mol. The van der Waals surface area contributed by atoms with Crippen molar-refractivity contribution < 1.29 is 4.92 Å². The Labute approximate surface area is 87.1 Å². The molecule has 0 N–H and O–H groups in total. The van der Waals surface area contributed by atoms with Crippen molar-refractivity contribution in [1.82, 2.24) is 4.98 Å². The minimum absolute atomic E-state index is 0.0532. The van der Waals surface area contributed by atoms with E-state index >= 15 is 0 Å². The summed E-state index contributed by atoms with van der Waals surface area (Å²) < 4.78 is 0. The predicted octanol–water partition coefficient (Wildman–Crippen LogP) is 2.84. The van der Waals surface area contributed by atoms with Gasteiger partial charge in [-0.1, -0.05) is 25.4 Å². The van der Waals surface area contributed by atoms with E-state index < -0.39 is 4.92 Å². The molecular formula is C9H11ClN2O2. The summed E-state index contributed by atoms with van der Waals surface area (Å²) in [6.07, 6.45) is 2.35. The van der Waals surface area contributed by atoms with Crippen LogP contribution in [0.1, 0.15) is 19.4 Å². The Morgan fingerprint density at radius 1 is 1.64 bits per heavy atom. The van der Waals surface area contributed by atoms with Gasteiger partial charge in [-0.3, -0.25) is 10.1 Å². The molecule has 0 spiro atoms. The highest BCUT2D eigenvalue weighted by Gasteiger charge is 2.14. The highest BCUT2D eigenvalue weighted by Crippen LogP contribution is 2.23. The van der Waals surface area contributed by atoms with E-state index in [0.717, 1.165) is 12.0 Å². The summed E-state index contributed by atoms with van der Waals surface area (Å²) >= 11 is 5.57. The summed E-state index contributed by atoms with van der Waals surface area (Å²) in [6, 6.07) is 1.48. The maximum absolute atomic E-state index is 10.5. The monoisotopic (exact) mass is 214 g/mol. The third-order valence-corrected chi connectivity index (χ3v) is 2.01. The summed E-state index contributed by atoms with van der Waals surface area (Å²) in [5, 5.41) is 10.5. The highest BCUT2D eigenvalue weighted by atomic mass is 35.5. The zero-order valence-electron chi connectivity index (χ0n) is 8.03. The van der Waals surface area contributed by atoms with E-state index in [2.05, 4.69) is 4.98 Å². The number of hydrogen-bond acceptors (Lipinski definition) is 3. The van der Waals surface area contributed by atoms with Crippen molar-refractivity contribution in [1.29, 1.82) is 0 Å². The number of halogens is 1. The van der Waals surface area contributed by atoms with Gasteiger partial charge in [0, 0.05) is 12.3 Å². The zero-order valence-corrected chi connectivity index (χ0v) is 8.78. The van der Waals surface area contributed by atoms with E-state index in [1.54, 1.807) is 6.20 Å². The van der Waals surface area contributed by atoms with Gasteiger partial charge in [0.1, 0.15) is 0 Å². The Morgan fingerprint density at radius 2 is 2.29 bits per heavy atom. The maximum atomic E-state index is 10.5. The fourth-order valence-corrected chi connectivity index (χ4v) is 1.36. The number of nitrogens with zero attached hydrogens (tertiary/aromatic N) is 2. The lowest BCUT2D eigenvalue weighted by atomic mass is 10.0. The molecule has 0 fully saturated rings. The molecule has 5 heteroatoms. The number of rotatable bonds is 3. The quantitative estimate of drug-likeness (QED) is 0.442. The first-order valence-electron chi connectivity index (χ1n) is 4.29.